The minimum Gasteiger partial charge on any atom is -0.338 e. The molecular formula is C23H31N3O2. The number of hydrogen-bond acceptors (Lipinski definition) is 3. The van der Waals surface area contributed by atoms with Crippen molar-refractivity contribution in [3.8, 4) is 0 Å². The molecule has 0 radical (unpaired) electrons. The average molecular weight is 382 g/mol. The monoisotopic (exact) mass is 381 g/mol. The van der Waals surface area contributed by atoms with Gasteiger partial charge in [0.15, 0.2) is 0 Å². The third-order valence-corrected chi connectivity index (χ3v) is 7.41. The van der Waals surface area contributed by atoms with Crippen molar-refractivity contribution in [2.45, 2.75) is 45.1 Å². The second-order valence-corrected chi connectivity index (χ2v) is 9.22. The first-order chi connectivity index (χ1) is 13.7. The van der Waals surface area contributed by atoms with Gasteiger partial charge in [-0.15, -0.1) is 0 Å². The summed E-state index contributed by atoms with van der Waals surface area (Å²) in [6.45, 7) is 5.36. The lowest BCUT2D eigenvalue weighted by Crippen LogP contribution is -2.40. The van der Waals surface area contributed by atoms with Crippen LogP contribution in [0.2, 0.25) is 0 Å². The maximum Gasteiger partial charge on any atom is 0.253 e. The van der Waals surface area contributed by atoms with Gasteiger partial charge in [0, 0.05) is 50.7 Å². The largest absolute Gasteiger partial charge is 0.338 e. The van der Waals surface area contributed by atoms with E-state index in [2.05, 4.69) is 22.3 Å². The second-order valence-electron chi connectivity index (χ2n) is 9.22. The Hall–Kier alpha value is -1.88. The van der Waals surface area contributed by atoms with E-state index < -0.39 is 0 Å². The van der Waals surface area contributed by atoms with Gasteiger partial charge < -0.3 is 15.1 Å². The van der Waals surface area contributed by atoms with Crippen LogP contribution in [0.15, 0.2) is 18.2 Å². The number of carbonyl (C=O) groups excluding carboxylic acids is 2. The van der Waals surface area contributed by atoms with E-state index in [4.69, 9.17) is 0 Å². The van der Waals surface area contributed by atoms with Gasteiger partial charge in [0.25, 0.3) is 5.91 Å². The summed E-state index contributed by atoms with van der Waals surface area (Å²) in [7, 11) is 0. The minimum absolute atomic E-state index is 0.179. The number of carbonyl (C=O) groups is 2. The molecule has 0 bridgehead atoms. The molecule has 2 saturated heterocycles. The molecule has 5 rings (SSSR count). The van der Waals surface area contributed by atoms with E-state index in [0.717, 1.165) is 57.5 Å². The van der Waals surface area contributed by atoms with Crippen molar-refractivity contribution in [2.24, 2.45) is 17.8 Å². The fourth-order valence-corrected chi connectivity index (χ4v) is 5.69. The van der Waals surface area contributed by atoms with Crippen LogP contribution >= 0.6 is 0 Å². The number of nitrogens with one attached hydrogen (secondary N) is 1. The van der Waals surface area contributed by atoms with Crippen molar-refractivity contribution in [1.29, 1.82) is 0 Å². The molecule has 3 fully saturated rings. The summed E-state index contributed by atoms with van der Waals surface area (Å²) < 4.78 is 0. The van der Waals surface area contributed by atoms with Gasteiger partial charge >= 0.3 is 0 Å². The van der Waals surface area contributed by atoms with Crippen LogP contribution in [-0.2, 0) is 17.8 Å². The molecule has 1 aromatic rings. The molecule has 1 aromatic carbocycles. The molecule has 2 unspecified atom stereocenters. The van der Waals surface area contributed by atoms with Crippen molar-refractivity contribution in [3.05, 3.63) is 34.9 Å². The number of benzene rings is 1. The Balaban J connectivity index is 1.25. The molecule has 150 valence electrons. The summed E-state index contributed by atoms with van der Waals surface area (Å²) in [6, 6.07) is 6.15. The van der Waals surface area contributed by atoms with Crippen LogP contribution in [0.1, 0.15) is 53.6 Å². The Morgan fingerprint density at radius 1 is 0.929 bits per heavy atom. The van der Waals surface area contributed by atoms with Crippen LogP contribution < -0.4 is 5.32 Å². The maximum absolute atomic E-state index is 13.0. The smallest absolute Gasteiger partial charge is 0.253 e. The SMILES string of the molecule is O=C(c1ccc2c(c1)CCN(C(=O)C1CCCCC1)C2)N1CC2CNCC2C1. The minimum atomic E-state index is 0.179. The van der Waals surface area contributed by atoms with Crippen molar-refractivity contribution < 1.29 is 9.59 Å². The number of rotatable bonds is 2. The van der Waals surface area contributed by atoms with Crippen molar-refractivity contribution >= 4 is 11.8 Å². The molecule has 2 atom stereocenters. The van der Waals surface area contributed by atoms with Crippen molar-refractivity contribution in [3.63, 3.8) is 0 Å². The van der Waals surface area contributed by atoms with Crippen molar-refractivity contribution in [2.75, 3.05) is 32.7 Å². The number of hydrogen-bond donors (Lipinski definition) is 1. The van der Waals surface area contributed by atoms with Crippen molar-refractivity contribution in [1.82, 2.24) is 15.1 Å². The van der Waals surface area contributed by atoms with E-state index in [1.165, 1.54) is 30.4 Å². The number of nitrogens with zero attached hydrogens (tertiary/aromatic N) is 2. The molecule has 1 saturated carbocycles. The highest BCUT2D eigenvalue weighted by molar-refractivity contribution is 5.94. The van der Waals surface area contributed by atoms with Crippen LogP contribution in [0.5, 0.6) is 0 Å². The highest BCUT2D eigenvalue weighted by Crippen LogP contribution is 2.30. The molecule has 2 amide bonds. The Bertz CT molecular complexity index is 759. The van der Waals surface area contributed by atoms with Gasteiger partial charge in [0.2, 0.25) is 5.91 Å². The number of fused-ring (bicyclic) bond motifs is 2. The molecule has 5 heteroatoms. The van der Waals surface area contributed by atoms with Crippen LogP contribution in [0.3, 0.4) is 0 Å². The van der Waals surface area contributed by atoms with Crippen LogP contribution in [0.4, 0.5) is 0 Å². The van der Waals surface area contributed by atoms with Gasteiger partial charge in [-0.1, -0.05) is 25.3 Å². The van der Waals surface area contributed by atoms with E-state index in [1.807, 2.05) is 11.0 Å². The average Bonchev–Trinajstić information content (AvgIpc) is 3.35. The number of amides is 2. The Labute approximate surface area is 167 Å². The Morgan fingerprint density at radius 3 is 2.43 bits per heavy atom. The Morgan fingerprint density at radius 2 is 1.68 bits per heavy atom. The van der Waals surface area contributed by atoms with E-state index in [-0.39, 0.29) is 11.8 Å². The number of likely N-dealkylation sites (tertiary alicyclic amines) is 1. The normalized spacial score (nSPS) is 27.6. The quantitative estimate of drug-likeness (QED) is 0.856. The molecular weight excluding hydrogens is 350 g/mol. The van der Waals surface area contributed by atoms with E-state index >= 15 is 0 Å². The molecule has 4 aliphatic rings. The standard InChI is InChI=1S/C23H31N3O2/c27-22(16-4-2-1-3-5-16)25-9-8-17-10-18(6-7-19(17)13-25)23(28)26-14-20-11-24-12-21(20)15-26/h6-7,10,16,20-21,24H,1-5,8-9,11-15H2. The molecule has 3 heterocycles. The molecule has 28 heavy (non-hydrogen) atoms. The van der Waals surface area contributed by atoms with E-state index in [1.54, 1.807) is 0 Å². The first-order valence-electron chi connectivity index (χ1n) is 11.1. The zero-order chi connectivity index (χ0) is 19.1. The molecule has 1 aliphatic carbocycles. The predicted octanol–water partition coefficient (Wildman–Crippen LogP) is 2.44. The van der Waals surface area contributed by atoms with Gasteiger partial charge in [-0.3, -0.25) is 9.59 Å². The van der Waals surface area contributed by atoms with Gasteiger partial charge in [0.1, 0.15) is 0 Å². The summed E-state index contributed by atoms with van der Waals surface area (Å²) in [5.74, 6) is 2.02. The summed E-state index contributed by atoms with van der Waals surface area (Å²) >= 11 is 0. The lowest BCUT2D eigenvalue weighted by Gasteiger charge is -2.33. The van der Waals surface area contributed by atoms with Crippen LogP contribution in [-0.4, -0.2) is 54.3 Å². The summed E-state index contributed by atoms with van der Waals surface area (Å²) in [5, 5.41) is 3.43. The molecule has 1 N–H and O–H groups in total. The lowest BCUT2D eigenvalue weighted by molar-refractivity contribution is -0.137. The summed E-state index contributed by atoms with van der Waals surface area (Å²) in [4.78, 5) is 29.9. The summed E-state index contributed by atoms with van der Waals surface area (Å²) in [5.41, 5.74) is 3.28. The first kappa shape index (κ1) is 18.2. The first-order valence-corrected chi connectivity index (χ1v) is 11.1. The molecule has 0 aromatic heterocycles. The fourth-order valence-electron chi connectivity index (χ4n) is 5.69. The lowest BCUT2D eigenvalue weighted by atomic mass is 9.87. The molecule has 3 aliphatic heterocycles. The van der Waals surface area contributed by atoms with Crippen LogP contribution in [0.25, 0.3) is 0 Å². The molecule has 0 spiro atoms. The van der Waals surface area contributed by atoms with Gasteiger partial charge in [-0.25, -0.2) is 0 Å². The van der Waals surface area contributed by atoms with Crippen LogP contribution in [0, 0.1) is 17.8 Å². The van der Waals surface area contributed by atoms with Gasteiger partial charge in [0.05, 0.1) is 0 Å². The Kier molecular flexibility index (Phi) is 4.87. The highest BCUT2D eigenvalue weighted by atomic mass is 16.2. The highest BCUT2D eigenvalue weighted by Gasteiger charge is 2.38. The second kappa shape index (κ2) is 7.51. The predicted molar refractivity (Wildman–Crippen MR) is 108 cm³/mol. The molecule has 5 nitrogen and oxygen atoms in total. The van der Waals surface area contributed by atoms with E-state index in [0.29, 0.717) is 24.3 Å². The third-order valence-electron chi connectivity index (χ3n) is 7.41. The van der Waals surface area contributed by atoms with Gasteiger partial charge in [-0.05, 0) is 54.4 Å². The maximum atomic E-state index is 13.0. The topological polar surface area (TPSA) is 52.7 Å². The third kappa shape index (κ3) is 3.34. The zero-order valence-electron chi connectivity index (χ0n) is 16.7. The zero-order valence-corrected chi connectivity index (χ0v) is 16.7. The van der Waals surface area contributed by atoms with E-state index in [9.17, 15) is 9.59 Å². The summed E-state index contributed by atoms with van der Waals surface area (Å²) in [6.07, 6.45) is 6.65. The van der Waals surface area contributed by atoms with Gasteiger partial charge in [-0.2, -0.15) is 0 Å². The fraction of sp³-hybridized carbons (Fsp3) is 0.652.